The highest BCUT2D eigenvalue weighted by atomic mass is 16.6. The van der Waals surface area contributed by atoms with Crippen LogP contribution in [0.4, 0.5) is 0 Å². The Morgan fingerprint density at radius 3 is 1.31 bits per heavy atom. The third-order valence-corrected chi connectivity index (χ3v) is 9.36. The molecule has 2 atom stereocenters. The molecule has 0 aromatic carbocycles. The topological polar surface area (TPSA) is 52.6 Å². The van der Waals surface area contributed by atoms with E-state index in [1.807, 2.05) is 0 Å². The van der Waals surface area contributed by atoms with Crippen molar-refractivity contribution in [2.45, 2.75) is 167 Å². The number of rotatable bonds is 12. The molecule has 4 heteroatoms. The highest BCUT2D eigenvalue weighted by Gasteiger charge is 2.45. The van der Waals surface area contributed by atoms with Crippen molar-refractivity contribution in [2.24, 2.45) is 23.7 Å². The van der Waals surface area contributed by atoms with Gasteiger partial charge in [0.05, 0.1) is 11.8 Å². The minimum Gasteiger partial charge on any atom is -0.459 e. The molecule has 0 bridgehead atoms. The normalized spacial score (nSPS) is 26.1. The van der Waals surface area contributed by atoms with Gasteiger partial charge in [0.25, 0.3) is 0 Å². The minimum atomic E-state index is -0.327. The summed E-state index contributed by atoms with van der Waals surface area (Å²) in [6, 6.07) is 0. The Bertz CT molecular complexity index is 612. The number of hydrogen-bond donors (Lipinski definition) is 0. The first-order valence-corrected chi connectivity index (χ1v) is 15.7. The Balaban J connectivity index is 1.66. The number of hydrogen-bond acceptors (Lipinski definition) is 4. The molecule has 0 aliphatic heterocycles. The van der Waals surface area contributed by atoms with E-state index in [-0.39, 0.29) is 35.0 Å². The fourth-order valence-corrected chi connectivity index (χ4v) is 7.14. The van der Waals surface area contributed by atoms with Crippen LogP contribution in [0.1, 0.15) is 156 Å². The van der Waals surface area contributed by atoms with Gasteiger partial charge in [0.2, 0.25) is 0 Å². The van der Waals surface area contributed by atoms with Crippen LogP contribution in [0.25, 0.3) is 0 Å². The molecule has 3 saturated carbocycles. The van der Waals surface area contributed by atoms with Crippen LogP contribution >= 0.6 is 0 Å². The van der Waals surface area contributed by atoms with Gasteiger partial charge in [0.1, 0.15) is 11.2 Å². The Morgan fingerprint density at radius 2 is 0.972 bits per heavy atom. The molecule has 3 fully saturated rings. The van der Waals surface area contributed by atoms with E-state index in [1.54, 1.807) is 0 Å². The molecular weight excluding hydrogens is 448 g/mol. The quantitative estimate of drug-likeness (QED) is 0.249. The molecule has 0 heterocycles. The average molecular weight is 505 g/mol. The molecule has 36 heavy (non-hydrogen) atoms. The van der Waals surface area contributed by atoms with Gasteiger partial charge in [-0.05, 0) is 102 Å². The summed E-state index contributed by atoms with van der Waals surface area (Å²) in [7, 11) is 0. The maximum Gasteiger partial charge on any atom is 0.310 e. The van der Waals surface area contributed by atoms with E-state index < -0.39 is 0 Å². The van der Waals surface area contributed by atoms with Gasteiger partial charge < -0.3 is 9.47 Å². The van der Waals surface area contributed by atoms with Crippen LogP contribution in [0.5, 0.6) is 0 Å². The van der Waals surface area contributed by atoms with Gasteiger partial charge >= 0.3 is 11.9 Å². The molecule has 0 aromatic rings. The standard InChI is InChI=1S/C32H56O4/c1-25(2)15-13-23-31(19-9-5-10-20-31)35-29(33)27-17-7-8-18-28(27)30(34)36-32(21-11-6-12-22-32)24-14-16-26(3)4/h25-28H,5-24H2,1-4H3. The lowest BCUT2D eigenvalue weighted by molar-refractivity contribution is -0.184. The smallest absolute Gasteiger partial charge is 0.310 e. The van der Waals surface area contributed by atoms with Crippen LogP contribution in [0, 0.1) is 23.7 Å². The summed E-state index contributed by atoms with van der Waals surface area (Å²) in [6.45, 7) is 9.05. The van der Waals surface area contributed by atoms with E-state index in [0.717, 1.165) is 103 Å². The molecule has 2 unspecified atom stereocenters. The van der Waals surface area contributed by atoms with E-state index in [0.29, 0.717) is 11.8 Å². The maximum atomic E-state index is 13.7. The lowest BCUT2D eigenvalue weighted by atomic mass is 9.77. The molecule has 0 N–H and O–H groups in total. The minimum absolute atomic E-state index is 0.111. The van der Waals surface area contributed by atoms with E-state index in [9.17, 15) is 9.59 Å². The zero-order chi connectivity index (χ0) is 26.0. The second kappa shape index (κ2) is 14.2. The zero-order valence-electron chi connectivity index (χ0n) is 24.1. The van der Waals surface area contributed by atoms with Crippen LogP contribution < -0.4 is 0 Å². The summed E-state index contributed by atoms with van der Waals surface area (Å²) in [5, 5.41) is 0. The second-order valence-electron chi connectivity index (χ2n) is 13.4. The van der Waals surface area contributed by atoms with E-state index in [4.69, 9.17) is 9.47 Å². The fraction of sp³-hybridized carbons (Fsp3) is 0.938. The zero-order valence-corrected chi connectivity index (χ0v) is 24.1. The van der Waals surface area contributed by atoms with Crippen molar-refractivity contribution in [2.75, 3.05) is 0 Å². The number of carbonyl (C=O) groups excluding carboxylic acids is 2. The molecule has 3 aliphatic rings. The number of ether oxygens (including phenoxy) is 2. The van der Waals surface area contributed by atoms with Gasteiger partial charge in [-0.1, -0.05) is 66.2 Å². The monoisotopic (exact) mass is 504 g/mol. The molecule has 0 amide bonds. The lowest BCUT2D eigenvalue weighted by Crippen LogP contribution is -2.45. The fourth-order valence-electron chi connectivity index (χ4n) is 7.14. The largest absolute Gasteiger partial charge is 0.459 e. The van der Waals surface area contributed by atoms with Crippen LogP contribution in [-0.2, 0) is 19.1 Å². The molecule has 4 nitrogen and oxygen atoms in total. The van der Waals surface area contributed by atoms with Gasteiger partial charge in [0, 0.05) is 0 Å². The van der Waals surface area contributed by atoms with Crippen molar-refractivity contribution in [3.63, 3.8) is 0 Å². The van der Waals surface area contributed by atoms with Crippen molar-refractivity contribution in [1.29, 1.82) is 0 Å². The van der Waals surface area contributed by atoms with Gasteiger partial charge in [-0.25, -0.2) is 0 Å². The summed E-state index contributed by atoms with van der Waals surface area (Å²) < 4.78 is 12.9. The van der Waals surface area contributed by atoms with Crippen molar-refractivity contribution in [3.8, 4) is 0 Å². The van der Waals surface area contributed by atoms with E-state index >= 15 is 0 Å². The van der Waals surface area contributed by atoms with Gasteiger partial charge in [-0.2, -0.15) is 0 Å². The van der Waals surface area contributed by atoms with Crippen LogP contribution in [0.3, 0.4) is 0 Å². The third kappa shape index (κ3) is 8.76. The van der Waals surface area contributed by atoms with Crippen LogP contribution in [-0.4, -0.2) is 23.1 Å². The number of carbonyl (C=O) groups is 2. The second-order valence-corrected chi connectivity index (χ2v) is 13.4. The highest BCUT2D eigenvalue weighted by molar-refractivity contribution is 5.82. The van der Waals surface area contributed by atoms with Crippen molar-refractivity contribution in [3.05, 3.63) is 0 Å². The molecule has 0 saturated heterocycles. The van der Waals surface area contributed by atoms with Gasteiger partial charge in [0.15, 0.2) is 0 Å². The van der Waals surface area contributed by atoms with E-state index in [2.05, 4.69) is 27.7 Å². The summed E-state index contributed by atoms with van der Waals surface area (Å²) >= 11 is 0. The molecule has 3 aliphatic carbocycles. The lowest BCUT2D eigenvalue weighted by Gasteiger charge is -2.41. The predicted octanol–water partition coefficient (Wildman–Crippen LogP) is 8.94. The van der Waals surface area contributed by atoms with Crippen LogP contribution in [0.15, 0.2) is 0 Å². The van der Waals surface area contributed by atoms with Crippen molar-refractivity contribution in [1.82, 2.24) is 0 Å². The molecule has 0 radical (unpaired) electrons. The third-order valence-electron chi connectivity index (χ3n) is 9.36. The summed E-state index contributed by atoms with van der Waals surface area (Å²) in [5.74, 6) is 0.470. The predicted molar refractivity (Wildman–Crippen MR) is 147 cm³/mol. The molecular formula is C32H56O4. The van der Waals surface area contributed by atoms with E-state index in [1.165, 1.54) is 25.7 Å². The Hall–Kier alpha value is -1.06. The summed E-state index contributed by atoms with van der Waals surface area (Å²) in [6.07, 6.45) is 21.0. The van der Waals surface area contributed by atoms with Crippen LogP contribution in [0.2, 0.25) is 0 Å². The SMILES string of the molecule is CC(C)CCCC1(OC(=O)C2CCCCC2C(=O)OC2(CCCC(C)C)CCCCC2)CCCCC1. The number of esters is 2. The maximum absolute atomic E-state index is 13.7. The molecule has 0 aromatic heterocycles. The Kier molecular flexibility index (Phi) is 11.6. The molecule has 208 valence electrons. The summed E-state index contributed by atoms with van der Waals surface area (Å²) in [4.78, 5) is 27.3. The first-order chi connectivity index (χ1) is 17.2. The first-order valence-electron chi connectivity index (χ1n) is 15.7. The van der Waals surface area contributed by atoms with Crippen molar-refractivity contribution < 1.29 is 19.1 Å². The first kappa shape index (κ1) is 29.5. The molecule has 0 spiro atoms. The van der Waals surface area contributed by atoms with Crippen molar-refractivity contribution >= 4 is 11.9 Å². The Morgan fingerprint density at radius 1 is 0.611 bits per heavy atom. The van der Waals surface area contributed by atoms with Gasteiger partial charge in [-0.15, -0.1) is 0 Å². The molecule has 3 rings (SSSR count). The Labute approximate surface area is 222 Å². The highest BCUT2D eigenvalue weighted by Crippen LogP contribution is 2.42. The summed E-state index contributed by atoms with van der Waals surface area (Å²) in [5.41, 5.74) is -0.616. The van der Waals surface area contributed by atoms with Gasteiger partial charge in [-0.3, -0.25) is 9.59 Å². The average Bonchev–Trinajstić information content (AvgIpc) is 2.84.